The van der Waals surface area contributed by atoms with Gasteiger partial charge in [0.05, 0.1) is 11.2 Å². The van der Waals surface area contributed by atoms with Crippen LogP contribution in [0, 0.1) is 5.21 Å². The van der Waals surface area contributed by atoms with Gasteiger partial charge < -0.3 is 10.2 Å². The minimum absolute atomic E-state index is 0.267. The maximum atomic E-state index is 11.0. The molecular weight excluding hydrogens is 232 g/mol. The van der Waals surface area contributed by atoms with Crippen LogP contribution in [0.5, 0.6) is 0 Å². The van der Waals surface area contributed by atoms with Crippen LogP contribution in [0.25, 0.3) is 22.3 Å². The normalized spacial score (nSPS) is 13.1. The smallest absolute Gasteiger partial charge is 0.164 e. The van der Waals surface area contributed by atoms with Crippen LogP contribution in [0.1, 0.15) is 0 Å². The molecule has 3 N–H and O–H groups in total. The topological polar surface area (TPSA) is 81.3 Å². The molecule has 18 heavy (non-hydrogen) atoms. The third-order valence-electron chi connectivity index (χ3n) is 2.95. The first-order chi connectivity index (χ1) is 8.66. The Hall–Kier alpha value is -2.15. The molecule has 0 bridgehead atoms. The van der Waals surface area contributed by atoms with Gasteiger partial charge in [0.1, 0.15) is 5.69 Å². The first kappa shape index (κ1) is 11.0. The van der Waals surface area contributed by atoms with Crippen molar-refractivity contribution in [2.45, 2.75) is 0 Å². The fourth-order valence-electron chi connectivity index (χ4n) is 2.08. The maximum Gasteiger partial charge on any atom is 0.164 e. The highest BCUT2D eigenvalue weighted by molar-refractivity contribution is 5.93. The zero-order valence-electron chi connectivity index (χ0n) is 9.71. The Morgan fingerprint density at radius 3 is 2.89 bits per heavy atom. The molecule has 3 aromatic rings. The second-order valence-corrected chi connectivity index (χ2v) is 4.09. The van der Waals surface area contributed by atoms with Crippen molar-refractivity contribution in [2.24, 2.45) is 7.05 Å². The summed E-state index contributed by atoms with van der Waals surface area (Å²) in [5, 5.41) is 24.4. The Kier molecular flexibility index (Phi) is 2.41. The zero-order chi connectivity index (χ0) is 12.7. The SMILES string of the molecule is Cn1nc(-c2ccc[nH]2)c2cc([NH+]([O-])O)ccc21. The number of benzene rings is 1. The number of H-pyrrole nitrogens is 1. The molecule has 3 rings (SSSR count). The molecule has 2 aromatic heterocycles. The number of quaternary nitrogens is 1. The van der Waals surface area contributed by atoms with Crippen LogP contribution in [0.15, 0.2) is 36.5 Å². The Morgan fingerprint density at radius 2 is 2.22 bits per heavy atom. The first-order valence-electron chi connectivity index (χ1n) is 5.50. The van der Waals surface area contributed by atoms with Gasteiger partial charge in [-0.05, 0) is 18.2 Å². The van der Waals surface area contributed by atoms with E-state index in [9.17, 15) is 5.21 Å². The lowest BCUT2D eigenvalue weighted by Gasteiger charge is -2.11. The number of nitrogens with zero attached hydrogens (tertiary/aromatic N) is 2. The molecule has 0 aliphatic heterocycles. The molecule has 1 atom stereocenters. The van der Waals surface area contributed by atoms with Crippen molar-refractivity contribution in [2.75, 3.05) is 0 Å². The van der Waals surface area contributed by atoms with Gasteiger partial charge in [0, 0.05) is 30.8 Å². The van der Waals surface area contributed by atoms with E-state index in [0.29, 0.717) is 0 Å². The Bertz CT molecular complexity index is 685. The molecule has 0 saturated carbocycles. The van der Waals surface area contributed by atoms with Gasteiger partial charge in [0.15, 0.2) is 5.69 Å². The van der Waals surface area contributed by atoms with Crippen molar-refractivity contribution in [1.29, 1.82) is 0 Å². The molecule has 0 spiro atoms. The highest BCUT2D eigenvalue weighted by Crippen LogP contribution is 2.27. The van der Waals surface area contributed by atoms with E-state index in [1.54, 1.807) is 22.9 Å². The molecule has 92 valence electrons. The summed E-state index contributed by atoms with van der Waals surface area (Å²) in [4.78, 5) is 3.08. The summed E-state index contributed by atoms with van der Waals surface area (Å²) in [6, 6.07) is 8.82. The number of rotatable bonds is 2. The van der Waals surface area contributed by atoms with E-state index in [-0.39, 0.29) is 5.69 Å². The van der Waals surface area contributed by atoms with Crippen LogP contribution in [0.3, 0.4) is 0 Å². The number of aromatic amines is 1. The summed E-state index contributed by atoms with van der Waals surface area (Å²) in [6.07, 6.45) is 1.82. The van der Waals surface area contributed by atoms with E-state index < -0.39 is 5.23 Å². The van der Waals surface area contributed by atoms with E-state index >= 15 is 0 Å². The number of fused-ring (bicyclic) bond motifs is 1. The highest BCUT2D eigenvalue weighted by atomic mass is 16.8. The van der Waals surface area contributed by atoms with Crippen LogP contribution < -0.4 is 5.23 Å². The number of nitrogens with one attached hydrogen (secondary N) is 2. The number of hydrogen-bond donors (Lipinski definition) is 3. The van der Waals surface area contributed by atoms with Crippen molar-refractivity contribution < 1.29 is 10.4 Å². The van der Waals surface area contributed by atoms with Gasteiger partial charge in [-0.15, -0.1) is 0 Å². The minimum Gasteiger partial charge on any atom is -0.595 e. The van der Waals surface area contributed by atoms with Gasteiger partial charge in [-0.2, -0.15) is 10.3 Å². The number of hydrogen-bond acceptors (Lipinski definition) is 3. The first-order valence-corrected chi connectivity index (χ1v) is 5.50. The minimum atomic E-state index is -0.932. The van der Waals surface area contributed by atoms with Crippen LogP contribution in [0.4, 0.5) is 5.69 Å². The molecule has 6 nitrogen and oxygen atoms in total. The van der Waals surface area contributed by atoms with E-state index in [1.807, 2.05) is 25.4 Å². The van der Waals surface area contributed by atoms with Gasteiger partial charge in [-0.25, -0.2) is 5.21 Å². The largest absolute Gasteiger partial charge is 0.595 e. The van der Waals surface area contributed by atoms with E-state index in [1.165, 1.54) is 0 Å². The molecule has 6 heteroatoms. The van der Waals surface area contributed by atoms with Gasteiger partial charge in [0.2, 0.25) is 0 Å². The van der Waals surface area contributed by atoms with Crippen LogP contribution in [-0.2, 0) is 7.05 Å². The molecule has 1 aromatic carbocycles. The average molecular weight is 244 g/mol. The molecular formula is C12H12N4O2. The highest BCUT2D eigenvalue weighted by Gasteiger charge is 2.13. The third-order valence-corrected chi connectivity index (χ3v) is 2.95. The van der Waals surface area contributed by atoms with Crippen molar-refractivity contribution in [3.05, 3.63) is 41.7 Å². The quantitative estimate of drug-likeness (QED) is 0.587. The summed E-state index contributed by atoms with van der Waals surface area (Å²) in [5.41, 5.74) is 2.82. The predicted octanol–water partition coefficient (Wildman–Crippen LogP) is 0.972. The summed E-state index contributed by atoms with van der Waals surface area (Å²) in [6.45, 7) is 0. The number of aryl methyl sites for hydroxylation is 1. The summed E-state index contributed by atoms with van der Waals surface area (Å²) >= 11 is 0. The summed E-state index contributed by atoms with van der Waals surface area (Å²) in [7, 11) is 1.84. The van der Waals surface area contributed by atoms with E-state index in [4.69, 9.17) is 5.21 Å². The molecule has 0 fully saturated rings. The standard InChI is InChI=1S/C12H12N4O2/c1-15-11-5-4-8(16(17)18)7-9(11)12(14-15)10-3-2-6-13-10/h2-7,13,16-17H,1H3. The average Bonchev–Trinajstić information content (AvgIpc) is 2.97. The molecule has 0 saturated heterocycles. The van der Waals surface area contributed by atoms with Crippen LogP contribution in [0.2, 0.25) is 0 Å². The Labute approximate surface area is 103 Å². The van der Waals surface area contributed by atoms with Crippen LogP contribution in [-0.4, -0.2) is 20.0 Å². The lowest BCUT2D eigenvalue weighted by molar-refractivity contribution is -0.991. The Morgan fingerprint density at radius 1 is 1.39 bits per heavy atom. The van der Waals surface area contributed by atoms with Crippen molar-refractivity contribution in [3.8, 4) is 11.4 Å². The fourth-order valence-corrected chi connectivity index (χ4v) is 2.08. The van der Waals surface area contributed by atoms with E-state index in [0.717, 1.165) is 22.3 Å². The molecule has 0 amide bonds. The van der Waals surface area contributed by atoms with Gasteiger partial charge in [-0.3, -0.25) is 4.68 Å². The monoisotopic (exact) mass is 244 g/mol. The zero-order valence-corrected chi connectivity index (χ0v) is 9.71. The summed E-state index contributed by atoms with van der Waals surface area (Å²) in [5.74, 6) is 0. The molecule has 0 radical (unpaired) electrons. The van der Waals surface area contributed by atoms with Crippen molar-refractivity contribution >= 4 is 16.6 Å². The van der Waals surface area contributed by atoms with Gasteiger partial charge in [0.25, 0.3) is 0 Å². The molecule has 1 unspecified atom stereocenters. The fraction of sp³-hybridized carbons (Fsp3) is 0.0833. The van der Waals surface area contributed by atoms with E-state index in [2.05, 4.69) is 10.1 Å². The lowest BCUT2D eigenvalue weighted by atomic mass is 10.1. The van der Waals surface area contributed by atoms with Crippen LogP contribution >= 0.6 is 0 Å². The molecule has 2 heterocycles. The predicted molar refractivity (Wildman–Crippen MR) is 66.3 cm³/mol. The van der Waals surface area contributed by atoms with Crippen molar-refractivity contribution in [1.82, 2.24) is 14.8 Å². The number of aromatic nitrogens is 3. The van der Waals surface area contributed by atoms with Crippen molar-refractivity contribution in [3.63, 3.8) is 0 Å². The third kappa shape index (κ3) is 1.60. The lowest BCUT2D eigenvalue weighted by Crippen LogP contribution is -2.99. The summed E-state index contributed by atoms with van der Waals surface area (Å²) < 4.78 is 1.75. The second-order valence-electron chi connectivity index (χ2n) is 4.09. The molecule has 0 aliphatic carbocycles. The van der Waals surface area contributed by atoms with Gasteiger partial charge >= 0.3 is 0 Å². The second kappa shape index (κ2) is 3.95. The maximum absolute atomic E-state index is 11.0. The van der Waals surface area contributed by atoms with Gasteiger partial charge in [-0.1, -0.05) is 0 Å². The molecule has 0 aliphatic rings. The Balaban J connectivity index is 2.29.